The molecule has 0 unspecified atom stereocenters. The van der Waals surface area contributed by atoms with Crippen LogP contribution in [0.1, 0.15) is 17.0 Å². The number of benzene rings is 1. The van der Waals surface area contributed by atoms with Gasteiger partial charge in [0.25, 0.3) is 0 Å². The van der Waals surface area contributed by atoms with Gasteiger partial charge in [-0.3, -0.25) is 0 Å². The van der Waals surface area contributed by atoms with E-state index in [0.29, 0.717) is 0 Å². The SMILES string of the molecule is N#Cc1nccc(N2Cc3ccccc3C2)n1. The van der Waals surface area contributed by atoms with Crippen molar-refractivity contribution in [3.63, 3.8) is 0 Å². The summed E-state index contributed by atoms with van der Waals surface area (Å²) < 4.78 is 0. The first kappa shape index (κ1) is 9.79. The van der Waals surface area contributed by atoms with Crippen LogP contribution >= 0.6 is 0 Å². The first-order valence-corrected chi connectivity index (χ1v) is 5.42. The minimum Gasteiger partial charge on any atom is -0.348 e. The van der Waals surface area contributed by atoms with E-state index in [4.69, 9.17) is 5.26 Å². The Kier molecular flexibility index (Phi) is 2.23. The lowest BCUT2D eigenvalue weighted by atomic mass is 10.1. The summed E-state index contributed by atoms with van der Waals surface area (Å²) in [6.07, 6.45) is 1.63. The number of aromatic nitrogens is 2. The molecular weight excluding hydrogens is 212 g/mol. The van der Waals surface area contributed by atoms with E-state index in [1.54, 1.807) is 6.20 Å². The Morgan fingerprint density at radius 2 is 1.82 bits per heavy atom. The molecule has 1 aromatic carbocycles. The summed E-state index contributed by atoms with van der Waals surface area (Å²) in [4.78, 5) is 10.2. The molecule has 17 heavy (non-hydrogen) atoms. The molecule has 3 rings (SSSR count). The fraction of sp³-hybridized carbons (Fsp3) is 0.154. The maximum absolute atomic E-state index is 8.78. The average Bonchev–Trinajstić information content (AvgIpc) is 2.82. The number of nitrogens with zero attached hydrogens (tertiary/aromatic N) is 4. The van der Waals surface area contributed by atoms with E-state index in [-0.39, 0.29) is 5.82 Å². The first-order valence-electron chi connectivity index (χ1n) is 5.42. The molecular formula is C13H10N4. The van der Waals surface area contributed by atoms with Crippen molar-refractivity contribution in [2.45, 2.75) is 13.1 Å². The number of hydrogen-bond acceptors (Lipinski definition) is 4. The Balaban J connectivity index is 1.92. The minimum absolute atomic E-state index is 0.221. The van der Waals surface area contributed by atoms with Gasteiger partial charge in [-0.1, -0.05) is 24.3 Å². The summed E-state index contributed by atoms with van der Waals surface area (Å²) in [7, 11) is 0. The highest BCUT2D eigenvalue weighted by Crippen LogP contribution is 2.26. The molecule has 0 spiro atoms. The van der Waals surface area contributed by atoms with Gasteiger partial charge in [0, 0.05) is 19.3 Å². The van der Waals surface area contributed by atoms with Crippen molar-refractivity contribution in [2.75, 3.05) is 4.90 Å². The van der Waals surface area contributed by atoms with E-state index < -0.39 is 0 Å². The van der Waals surface area contributed by atoms with Crippen molar-refractivity contribution < 1.29 is 0 Å². The Hall–Kier alpha value is -2.41. The monoisotopic (exact) mass is 222 g/mol. The highest BCUT2D eigenvalue weighted by molar-refractivity contribution is 5.47. The molecule has 1 aliphatic rings. The molecule has 4 nitrogen and oxygen atoms in total. The van der Waals surface area contributed by atoms with Gasteiger partial charge < -0.3 is 4.90 Å². The predicted octanol–water partition coefficient (Wildman–Crippen LogP) is 1.87. The van der Waals surface area contributed by atoms with Crippen LogP contribution < -0.4 is 4.90 Å². The van der Waals surface area contributed by atoms with E-state index in [2.05, 4.69) is 27.0 Å². The highest BCUT2D eigenvalue weighted by atomic mass is 15.2. The van der Waals surface area contributed by atoms with E-state index >= 15 is 0 Å². The average molecular weight is 222 g/mol. The van der Waals surface area contributed by atoms with Crippen molar-refractivity contribution in [3.8, 4) is 6.07 Å². The molecule has 0 N–H and O–H groups in total. The molecule has 0 aliphatic carbocycles. The second-order valence-corrected chi connectivity index (χ2v) is 3.98. The summed E-state index contributed by atoms with van der Waals surface area (Å²) in [6.45, 7) is 1.69. The topological polar surface area (TPSA) is 52.8 Å². The number of hydrogen-bond donors (Lipinski definition) is 0. The zero-order chi connectivity index (χ0) is 11.7. The Labute approximate surface area is 99.2 Å². The zero-order valence-corrected chi connectivity index (χ0v) is 9.17. The number of anilines is 1. The van der Waals surface area contributed by atoms with Gasteiger partial charge in [0.1, 0.15) is 11.9 Å². The summed E-state index contributed by atoms with van der Waals surface area (Å²) >= 11 is 0. The van der Waals surface area contributed by atoms with Gasteiger partial charge in [0.15, 0.2) is 0 Å². The Bertz CT molecular complexity index is 575. The van der Waals surface area contributed by atoms with Gasteiger partial charge in [-0.25, -0.2) is 9.97 Å². The zero-order valence-electron chi connectivity index (χ0n) is 9.17. The van der Waals surface area contributed by atoms with E-state index in [0.717, 1.165) is 18.9 Å². The summed E-state index contributed by atoms with van der Waals surface area (Å²) in [5, 5.41) is 8.78. The Morgan fingerprint density at radius 1 is 1.12 bits per heavy atom. The molecule has 82 valence electrons. The fourth-order valence-corrected chi connectivity index (χ4v) is 2.07. The molecule has 2 aromatic rings. The molecule has 0 atom stereocenters. The molecule has 4 heteroatoms. The van der Waals surface area contributed by atoms with Gasteiger partial charge in [-0.2, -0.15) is 5.26 Å². The standard InChI is InChI=1S/C13H10N4/c14-7-12-15-6-5-13(16-12)17-8-10-3-1-2-4-11(10)9-17/h1-6H,8-9H2. The van der Waals surface area contributed by atoms with Crippen LogP contribution in [0.5, 0.6) is 0 Å². The lowest BCUT2D eigenvalue weighted by Gasteiger charge is -2.15. The number of fused-ring (bicyclic) bond motifs is 1. The molecule has 2 heterocycles. The second kappa shape index (κ2) is 3.87. The van der Waals surface area contributed by atoms with Crippen molar-refractivity contribution in [1.29, 1.82) is 5.26 Å². The van der Waals surface area contributed by atoms with Gasteiger partial charge in [0.05, 0.1) is 0 Å². The molecule has 0 amide bonds. The van der Waals surface area contributed by atoms with Gasteiger partial charge >= 0.3 is 0 Å². The molecule has 0 radical (unpaired) electrons. The van der Waals surface area contributed by atoms with E-state index in [1.165, 1.54) is 11.1 Å². The van der Waals surface area contributed by atoms with Crippen LogP contribution in [0.2, 0.25) is 0 Å². The third-order valence-electron chi connectivity index (χ3n) is 2.91. The number of rotatable bonds is 1. The van der Waals surface area contributed by atoms with Crippen LogP contribution in [0.15, 0.2) is 36.5 Å². The lowest BCUT2D eigenvalue weighted by Crippen LogP contribution is -2.16. The van der Waals surface area contributed by atoms with Gasteiger partial charge in [-0.15, -0.1) is 0 Å². The maximum Gasteiger partial charge on any atom is 0.234 e. The van der Waals surface area contributed by atoms with Crippen LogP contribution in [0.4, 0.5) is 5.82 Å². The predicted molar refractivity (Wildman–Crippen MR) is 63.1 cm³/mol. The van der Waals surface area contributed by atoms with Crippen LogP contribution in [-0.2, 0) is 13.1 Å². The largest absolute Gasteiger partial charge is 0.348 e. The quantitative estimate of drug-likeness (QED) is 0.739. The lowest BCUT2D eigenvalue weighted by molar-refractivity contribution is 0.848. The van der Waals surface area contributed by atoms with Crippen molar-refractivity contribution in [3.05, 3.63) is 53.5 Å². The molecule has 0 saturated carbocycles. The maximum atomic E-state index is 8.78. The van der Waals surface area contributed by atoms with E-state index in [1.807, 2.05) is 24.3 Å². The first-order chi connectivity index (χ1) is 8.36. The minimum atomic E-state index is 0.221. The smallest absolute Gasteiger partial charge is 0.234 e. The van der Waals surface area contributed by atoms with Crippen LogP contribution in [0.3, 0.4) is 0 Å². The summed E-state index contributed by atoms with van der Waals surface area (Å²) in [5.74, 6) is 1.03. The third-order valence-corrected chi connectivity index (χ3v) is 2.91. The van der Waals surface area contributed by atoms with Crippen LogP contribution in [0, 0.1) is 11.3 Å². The van der Waals surface area contributed by atoms with Crippen molar-refractivity contribution in [1.82, 2.24) is 9.97 Å². The fourth-order valence-electron chi connectivity index (χ4n) is 2.07. The van der Waals surface area contributed by atoms with Crippen molar-refractivity contribution >= 4 is 5.82 Å². The van der Waals surface area contributed by atoms with Crippen LogP contribution in [0.25, 0.3) is 0 Å². The molecule has 1 aromatic heterocycles. The van der Waals surface area contributed by atoms with E-state index in [9.17, 15) is 0 Å². The normalized spacial score (nSPS) is 13.2. The van der Waals surface area contributed by atoms with Gasteiger partial charge in [0.2, 0.25) is 5.82 Å². The molecule has 0 fully saturated rings. The van der Waals surface area contributed by atoms with Crippen molar-refractivity contribution in [2.24, 2.45) is 0 Å². The molecule has 0 saturated heterocycles. The molecule has 0 bridgehead atoms. The third kappa shape index (κ3) is 1.72. The van der Waals surface area contributed by atoms with Gasteiger partial charge in [-0.05, 0) is 17.2 Å². The summed E-state index contributed by atoms with van der Waals surface area (Å²) in [5.41, 5.74) is 2.65. The van der Waals surface area contributed by atoms with Crippen LogP contribution in [-0.4, -0.2) is 9.97 Å². The second-order valence-electron chi connectivity index (χ2n) is 3.98. The molecule has 1 aliphatic heterocycles. The summed E-state index contributed by atoms with van der Waals surface area (Å²) in [6, 6.07) is 12.1. The Morgan fingerprint density at radius 3 is 2.47 bits per heavy atom. The highest BCUT2D eigenvalue weighted by Gasteiger charge is 2.19. The number of nitriles is 1.